The number of anilines is 1. The van der Waals surface area contributed by atoms with Gasteiger partial charge in [0.05, 0.1) is 42.2 Å². The molecule has 0 radical (unpaired) electrons. The number of carbonyl (C=O) groups excluding carboxylic acids is 1. The zero-order valence-corrected chi connectivity index (χ0v) is 14.7. The maximum atomic E-state index is 12.6. The summed E-state index contributed by atoms with van der Waals surface area (Å²) in [5.74, 6) is 0.346. The molecule has 2 fully saturated rings. The number of hydrogen-bond donors (Lipinski definition) is 0. The molecule has 1 amide bonds. The Hall–Kier alpha value is -1.67. The molecular weight excluding hydrogens is 330 g/mol. The van der Waals surface area contributed by atoms with Gasteiger partial charge in [-0.3, -0.25) is 9.78 Å². The molecule has 132 valence electrons. The van der Waals surface area contributed by atoms with Crippen LogP contribution in [0.2, 0.25) is 0 Å². The van der Waals surface area contributed by atoms with Gasteiger partial charge in [0, 0.05) is 31.9 Å². The van der Waals surface area contributed by atoms with Crippen LogP contribution in [0.5, 0.6) is 0 Å². The number of amides is 1. The fourth-order valence-corrected chi connectivity index (χ4v) is 5.05. The van der Waals surface area contributed by atoms with E-state index in [0.29, 0.717) is 44.8 Å². The second-order valence-electron chi connectivity index (χ2n) is 6.18. The molecule has 0 spiro atoms. The number of carbonyl (C=O) groups is 1. The quantitative estimate of drug-likeness (QED) is 0.787. The lowest BCUT2D eigenvalue weighted by molar-refractivity contribution is 0.0302. The Morgan fingerprint density at radius 2 is 2.12 bits per heavy atom. The van der Waals surface area contributed by atoms with Crippen molar-refractivity contribution >= 4 is 21.4 Å². The lowest BCUT2D eigenvalue weighted by atomic mass is 10.1. The summed E-state index contributed by atoms with van der Waals surface area (Å²) in [6, 6.07) is 1.77. The maximum Gasteiger partial charge on any atom is 0.255 e. The average molecular weight is 353 g/mol. The van der Waals surface area contributed by atoms with E-state index in [0.717, 1.165) is 5.69 Å². The van der Waals surface area contributed by atoms with Crippen molar-refractivity contribution in [2.24, 2.45) is 0 Å². The molecule has 2 aliphatic rings. The van der Waals surface area contributed by atoms with Crippen molar-refractivity contribution in [3.8, 4) is 0 Å². The molecule has 0 N–H and O–H groups in total. The molecule has 8 heteroatoms. The molecule has 1 unspecified atom stereocenters. The van der Waals surface area contributed by atoms with Crippen molar-refractivity contribution in [1.29, 1.82) is 0 Å². The summed E-state index contributed by atoms with van der Waals surface area (Å²) >= 11 is 0. The first-order valence-electron chi connectivity index (χ1n) is 8.29. The largest absolute Gasteiger partial charge is 0.378 e. The van der Waals surface area contributed by atoms with Gasteiger partial charge in [-0.05, 0) is 19.4 Å². The minimum Gasteiger partial charge on any atom is -0.378 e. The van der Waals surface area contributed by atoms with E-state index in [9.17, 15) is 13.2 Å². The number of sulfone groups is 1. The SMILES string of the molecule is CCN(c1cncc(C(=O)N2CCOCC2)c1)C1CCS(=O)(=O)C1. The van der Waals surface area contributed by atoms with Crippen LogP contribution in [-0.2, 0) is 14.6 Å². The fourth-order valence-electron chi connectivity index (χ4n) is 3.32. The van der Waals surface area contributed by atoms with Crippen LogP contribution in [0.4, 0.5) is 5.69 Å². The number of nitrogens with zero attached hydrogens (tertiary/aromatic N) is 3. The van der Waals surface area contributed by atoms with Crippen LogP contribution in [0, 0.1) is 0 Å². The second-order valence-corrected chi connectivity index (χ2v) is 8.41. The number of rotatable bonds is 4. The van der Waals surface area contributed by atoms with Crippen molar-refractivity contribution in [3.63, 3.8) is 0 Å². The van der Waals surface area contributed by atoms with Gasteiger partial charge >= 0.3 is 0 Å². The minimum atomic E-state index is -2.95. The van der Waals surface area contributed by atoms with Crippen LogP contribution < -0.4 is 4.90 Å². The van der Waals surface area contributed by atoms with Crippen molar-refractivity contribution in [2.75, 3.05) is 49.3 Å². The van der Waals surface area contributed by atoms with E-state index < -0.39 is 9.84 Å². The molecule has 0 bridgehead atoms. The number of aromatic nitrogens is 1. The number of pyridine rings is 1. The Labute approximate surface area is 142 Å². The Kier molecular flexibility index (Phi) is 5.05. The van der Waals surface area contributed by atoms with Gasteiger partial charge in [-0.2, -0.15) is 0 Å². The predicted octanol–water partition coefficient (Wildman–Crippen LogP) is 0.567. The molecule has 1 aromatic rings. The first-order valence-corrected chi connectivity index (χ1v) is 10.1. The van der Waals surface area contributed by atoms with E-state index in [1.165, 1.54) is 0 Å². The summed E-state index contributed by atoms with van der Waals surface area (Å²) < 4.78 is 28.8. The third kappa shape index (κ3) is 3.70. The first-order chi connectivity index (χ1) is 11.5. The zero-order valence-electron chi connectivity index (χ0n) is 13.8. The summed E-state index contributed by atoms with van der Waals surface area (Å²) in [6.07, 6.45) is 3.89. The molecule has 7 nitrogen and oxygen atoms in total. The highest BCUT2D eigenvalue weighted by molar-refractivity contribution is 7.91. The van der Waals surface area contributed by atoms with Crippen LogP contribution in [0.3, 0.4) is 0 Å². The van der Waals surface area contributed by atoms with Gasteiger partial charge < -0.3 is 14.5 Å². The van der Waals surface area contributed by atoms with Crippen LogP contribution in [0.1, 0.15) is 23.7 Å². The van der Waals surface area contributed by atoms with Crippen LogP contribution in [0.15, 0.2) is 18.5 Å². The predicted molar refractivity (Wildman–Crippen MR) is 91.0 cm³/mol. The lowest BCUT2D eigenvalue weighted by Gasteiger charge is -2.30. The highest BCUT2D eigenvalue weighted by Gasteiger charge is 2.32. The number of hydrogen-bond acceptors (Lipinski definition) is 6. The van der Waals surface area contributed by atoms with Crippen LogP contribution in [-0.4, -0.2) is 74.6 Å². The molecule has 0 aliphatic carbocycles. The zero-order chi connectivity index (χ0) is 17.2. The van der Waals surface area contributed by atoms with Gasteiger partial charge in [-0.15, -0.1) is 0 Å². The van der Waals surface area contributed by atoms with Gasteiger partial charge in [-0.25, -0.2) is 8.42 Å². The van der Waals surface area contributed by atoms with Crippen molar-refractivity contribution in [3.05, 3.63) is 24.0 Å². The molecule has 2 saturated heterocycles. The summed E-state index contributed by atoms with van der Waals surface area (Å²) in [6.45, 7) is 4.95. The van der Waals surface area contributed by atoms with Gasteiger partial charge in [0.15, 0.2) is 9.84 Å². The third-order valence-electron chi connectivity index (χ3n) is 4.59. The minimum absolute atomic E-state index is 0.0458. The Bertz CT molecular complexity index is 701. The van der Waals surface area contributed by atoms with E-state index in [1.807, 2.05) is 17.9 Å². The Morgan fingerprint density at radius 1 is 1.38 bits per heavy atom. The standard InChI is InChI=1S/C16H23N3O4S/c1-2-19(14-3-8-24(21,22)12-14)15-9-13(10-17-11-15)16(20)18-4-6-23-7-5-18/h9-11,14H,2-8,12H2,1H3. The maximum absolute atomic E-state index is 12.6. The van der Waals surface area contributed by atoms with Gasteiger partial charge in [0.1, 0.15) is 0 Å². The van der Waals surface area contributed by atoms with Crippen LogP contribution in [0.25, 0.3) is 0 Å². The van der Waals surface area contributed by atoms with E-state index in [-0.39, 0.29) is 23.5 Å². The van der Waals surface area contributed by atoms with Gasteiger partial charge in [0.2, 0.25) is 0 Å². The molecule has 2 aliphatic heterocycles. The molecule has 0 aromatic carbocycles. The Balaban J connectivity index is 1.79. The first kappa shape index (κ1) is 17.2. The molecule has 3 rings (SSSR count). The highest BCUT2D eigenvalue weighted by atomic mass is 32.2. The molecule has 1 atom stereocenters. The molecule has 3 heterocycles. The second kappa shape index (κ2) is 7.06. The summed E-state index contributed by atoms with van der Waals surface area (Å²) in [4.78, 5) is 20.6. The lowest BCUT2D eigenvalue weighted by Crippen LogP contribution is -2.41. The summed E-state index contributed by atoms with van der Waals surface area (Å²) in [7, 11) is -2.95. The Morgan fingerprint density at radius 3 is 2.75 bits per heavy atom. The average Bonchev–Trinajstić information content (AvgIpc) is 2.95. The number of morpholine rings is 1. The normalized spacial score (nSPS) is 23.2. The highest BCUT2D eigenvalue weighted by Crippen LogP contribution is 2.24. The van der Waals surface area contributed by atoms with Gasteiger partial charge in [-0.1, -0.05) is 0 Å². The van der Waals surface area contributed by atoms with E-state index in [1.54, 1.807) is 17.3 Å². The monoisotopic (exact) mass is 353 g/mol. The molecular formula is C16H23N3O4S. The van der Waals surface area contributed by atoms with Crippen molar-refractivity contribution in [2.45, 2.75) is 19.4 Å². The third-order valence-corrected chi connectivity index (χ3v) is 6.34. The summed E-state index contributed by atoms with van der Waals surface area (Å²) in [5, 5.41) is 0. The van der Waals surface area contributed by atoms with E-state index in [2.05, 4.69) is 4.98 Å². The van der Waals surface area contributed by atoms with Gasteiger partial charge in [0.25, 0.3) is 5.91 Å². The number of ether oxygens (including phenoxy) is 1. The topological polar surface area (TPSA) is 79.8 Å². The van der Waals surface area contributed by atoms with Crippen molar-refractivity contribution in [1.82, 2.24) is 9.88 Å². The molecule has 24 heavy (non-hydrogen) atoms. The van der Waals surface area contributed by atoms with E-state index >= 15 is 0 Å². The van der Waals surface area contributed by atoms with Crippen LogP contribution >= 0.6 is 0 Å². The fraction of sp³-hybridized carbons (Fsp3) is 0.625. The van der Waals surface area contributed by atoms with Crippen molar-refractivity contribution < 1.29 is 17.9 Å². The molecule has 0 saturated carbocycles. The smallest absolute Gasteiger partial charge is 0.255 e. The summed E-state index contributed by atoms with van der Waals surface area (Å²) in [5.41, 5.74) is 1.34. The molecule has 1 aromatic heterocycles. The van der Waals surface area contributed by atoms with E-state index in [4.69, 9.17) is 4.74 Å².